The number of rotatable bonds is 3. The minimum Gasteiger partial charge on any atom is -0.349 e. The van der Waals surface area contributed by atoms with E-state index in [2.05, 4.69) is 33.9 Å². The van der Waals surface area contributed by atoms with Crippen molar-refractivity contribution in [3.05, 3.63) is 87.9 Å². The predicted octanol–water partition coefficient (Wildman–Crippen LogP) is 5.15. The van der Waals surface area contributed by atoms with Crippen molar-refractivity contribution in [1.29, 1.82) is 0 Å². The first-order valence-electron chi connectivity index (χ1n) is 9.56. The monoisotopic (exact) mass is 429 g/mol. The van der Waals surface area contributed by atoms with Crippen LogP contribution in [0.2, 0.25) is 0 Å². The summed E-state index contributed by atoms with van der Waals surface area (Å²) in [4.78, 5) is 23.8. The van der Waals surface area contributed by atoms with E-state index in [1.165, 1.54) is 11.1 Å². The topological polar surface area (TPSA) is 46.1 Å². The highest BCUT2D eigenvalue weighted by molar-refractivity contribution is 6.06. The summed E-state index contributed by atoms with van der Waals surface area (Å²) in [6.45, 7) is 6.59. The Morgan fingerprint density at radius 1 is 1.10 bits per heavy atom. The fourth-order valence-corrected chi connectivity index (χ4v) is 3.85. The third-order valence-corrected chi connectivity index (χ3v) is 5.61. The van der Waals surface area contributed by atoms with Crippen molar-refractivity contribution in [2.45, 2.75) is 33.2 Å². The van der Waals surface area contributed by atoms with Crippen LogP contribution in [0.15, 0.2) is 42.5 Å². The number of carbonyl (C=O) groups excluding carboxylic acids is 1. The first-order valence-corrected chi connectivity index (χ1v) is 9.56. The highest BCUT2D eigenvalue weighted by Gasteiger charge is 2.28. The molecule has 0 spiro atoms. The second-order valence-electron chi connectivity index (χ2n) is 7.35. The van der Waals surface area contributed by atoms with E-state index >= 15 is 0 Å². The number of anilines is 1. The van der Waals surface area contributed by atoms with Crippen LogP contribution in [-0.2, 0) is 6.42 Å². The Kier molecular flexibility index (Phi) is 6.17. The largest absolute Gasteiger partial charge is 0.349 e. The zero-order valence-corrected chi connectivity index (χ0v) is 17.8. The molecule has 1 aliphatic rings. The molecule has 4 rings (SSSR count). The van der Waals surface area contributed by atoms with Gasteiger partial charge in [0.25, 0.3) is 0 Å². The zero-order chi connectivity index (χ0) is 20.7. The van der Waals surface area contributed by atoms with E-state index in [4.69, 9.17) is 0 Å². The van der Waals surface area contributed by atoms with Crippen LogP contribution in [0.4, 0.5) is 14.6 Å². The van der Waals surface area contributed by atoms with Gasteiger partial charge in [0.15, 0.2) is 0 Å². The Bertz CT molecular complexity index is 1120. The summed E-state index contributed by atoms with van der Waals surface area (Å²) in [6.07, 6.45) is 0.874. The molecule has 156 valence electrons. The Morgan fingerprint density at radius 2 is 1.83 bits per heavy atom. The number of hydrogen-bond donors (Lipinski definition) is 0. The van der Waals surface area contributed by atoms with E-state index in [0.29, 0.717) is 17.6 Å². The number of hydrogen-bond acceptors (Lipinski definition) is 4. The van der Waals surface area contributed by atoms with Gasteiger partial charge in [-0.05, 0) is 50.5 Å². The maximum atomic E-state index is 14.1. The van der Waals surface area contributed by atoms with E-state index < -0.39 is 17.4 Å². The third-order valence-electron chi connectivity index (χ3n) is 5.61. The van der Waals surface area contributed by atoms with Crippen molar-refractivity contribution in [1.82, 2.24) is 9.97 Å². The molecular formula is C23H22ClF2N3O. The van der Waals surface area contributed by atoms with Crippen molar-refractivity contribution < 1.29 is 13.6 Å². The summed E-state index contributed by atoms with van der Waals surface area (Å²) in [7, 11) is 0. The summed E-state index contributed by atoms with van der Waals surface area (Å²) in [5.74, 6) is -1.72. The van der Waals surface area contributed by atoms with Gasteiger partial charge in [-0.15, -0.1) is 12.4 Å². The molecule has 0 saturated heterocycles. The summed E-state index contributed by atoms with van der Waals surface area (Å²) >= 11 is 0. The Labute approximate surface area is 180 Å². The summed E-state index contributed by atoms with van der Waals surface area (Å²) in [5.41, 5.74) is 3.84. The molecule has 2 heterocycles. The Morgan fingerprint density at radius 3 is 2.57 bits per heavy atom. The smallest absolute Gasteiger partial charge is 0.233 e. The average Bonchev–Trinajstić information content (AvgIpc) is 2.70. The van der Waals surface area contributed by atoms with Crippen molar-refractivity contribution in [2.75, 3.05) is 11.4 Å². The third kappa shape index (κ3) is 3.79. The highest BCUT2D eigenvalue weighted by Crippen LogP contribution is 2.34. The molecule has 0 bridgehead atoms. The molecule has 2 aromatic carbocycles. The summed E-state index contributed by atoms with van der Waals surface area (Å²) < 4.78 is 27.3. The van der Waals surface area contributed by atoms with Crippen LogP contribution in [0.5, 0.6) is 0 Å². The van der Waals surface area contributed by atoms with Crippen LogP contribution in [-0.4, -0.2) is 22.3 Å². The van der Waals surface area contributed by atoms with Crippen molar-refractivity contribution in [3.63, 3.8) is 0 Å². The number of fused-ring (bicyclic) bond motifs is 1. The van der Waals surface area contributed by atoms with E-state index in [-0.39, 0.29) is 29.8 Å². The second kappa shape index (κ2) is 8.48. The number of halogens is 3. The Hall–Kier alpha value is -2.86. The maximum absolute atomic E-state index is 14.1. The number of aromatic nitrogens is 2. The van der Waals surface area contributed by atoms with Crippen molar-refractivity contribution in [3.8, 4) is 0 Å². The van der Waals surface area contributed by atoms with Gasteiger partial charge in [-0.3, -0.25) is 4.79 Å². The number of ketones is 1. The van der Waals surface area contributed by atoms with Crippen LogP contribution in [0, 0.1) is 25.5 Å². The van der Waals surface area contributed by atoms with E-state index in [1.807, 2.05) is 19.1 Å². The van der Waals surface area contributed by atoms with Crippen molar-refractivity contribution >= 4 is 24.0 Å². The van der Waals surface area contributed by atoms with E-state index in [1.54, 1.807) is 6.92 Å². The Balaban J connectivity index is 0.00000256. The highest BCUT2D eigenvalue weighted by atomic mass is 35.5. The molecule has 1 aliphatic heterocycles. The SMILES string of the molecule is Cc1nc(C(=O)c2ccc(F)cc2F)nc(N2CCc3ccccc3C2C)c1C.Cl. The van der Waals surface area contributed by atoms with Gasteiger partial charge in [0.05, 0.1) is 11.6 Å². The van der Waals surface area contributed by atoms with Crippen LogP contribution < -0.4 is 4.90 Å². The lowest BCUT2D eigenvalue weighted by Gasteiger charge is -2.37. The molecule has 4 nitrogen and oxygen atoms in total. The number of carbonyl (C=O) groups is 1. The van der Waals surface area contributed by atoms with Crippen molar-refractivity contribution in [2.24, 2.45) is 0 Å². The number of benzene rings is 2. The van der Waals surface area contributed by atoms with Gasteiger partial charge >= 0.3 is 0 Å². The lowest BCUT2D eigenvalue weighted by atomic mass is 9.93. The second-order valence-corrected chi connectivity index (χ2v) is 7.35. The lowest BCUT2D eigenvalue weighted by Crippen LogP contribution is -2.35. The fourth-order valence-electron chi connectivity index (χ4n) is 3.85. The average molecular weight is 430 g/mol. The van der Waals surface area contributed by atoms with Crippen LogP contribution in [0.1, 0.15) is 51.5 Å². The van der Waals surface area contributed by atoms with Crippen LogP contribution in [0.25, 0.3) is 0 Å². The van der Waals surface area contributed by atoms with Gasteiger partial charge in [-0.25, -0.2) is 18.7 Å². The molecule has 30 heavy (non-hydrogen) atoms. The number of nitrogens with zero attached hydrogens (tertiary/aromatic N) is 3. The van der Waals surface area contributed by atoms with Crippen LogP contribution in [0.3, 0.4) is 0 Å². The maximum Gasteiger partial charge on any atom is 0.233 e. The molecule has 0 amide bonds. The molecular weight excluding hydrogens is 408 g/mol. The predicted molar refractivity (Wildman–Crippen MR) is 114 cm³/mol. The molecule has 1 unspecified atom stereocenters. The normalized spacial score (nSPS) is 15.4. The lowest BCUT2D eigenvalue weighted by molar-refractivity contribution is 0.102. The van der Waals surface area contributed by atoms with Gasteiger partial charge in [0.2, 0.25) is 11.6 Å². The van der Waals surface area contributed by atoms with E-state index in [9.17, 15) is 13.6 Å². The first kappa shape index (κ1) is 21.8. The summed E-state index contributed by atoms with van der Waals surface area (Å²) in [6, 6.07) is 11.3. The molecule has 3 aromatic rings. The minimum atomic E-state index is -0.918. The molecule has 0 aliphatic carbocycles. The van der Waals surface area contributed by atoms with E-state index in [0.717, 1.165) is 30.7 Å². The standard InChI is InChI=1S/C23H21F2N3O.ClH/c1-13-14(2)26-22(21(29)19-9-8-17(24)12-20(19)25)27-23(13)28-11-10-16-6-4-5-7-18(16)15(28)3;/h4-9,12,15H,10-11H2,1-3H3;1H. The van der Waals surface area contributed by atoms with Gasteiger partial charge < -0.3 is 4.90 Å². The number of aryl methyl sites for hydroxylation is 1. The van der Waals surface area contributed by atoms with Gasteiger partial charge in [0, 0.05) is 23.9 Å². The first-order chi connectivity index (χ1) is 13.9. The molecule has 7 heteroatoms. The quantitative estimate of drug-likeness (QED) is 0.540. The molecule has 0 N–H and O–H groups in total. The van der Waals surface area contributed by atoms with Crippen LogP contribution >= 0.6 is 12.4 Å². The zero-order valence-electron chi connectivity index (χ0n) is 16.9. The minimum absolute atomic E-state index is 0. The molecule has 1 aromatic heterocycles. The molecule has 0 radical (unpaired) electrons. The summed E-state index contributed by atoms with van der Waals surface area (Å²) in [5, 5.41) is 0. The molecule has 1 atom stereocenters. The molecule has 0 saturated carbocycles. The molecule has 0 fully saturated rings. The van der Waals surface area contributed by atoms with Gasteiger partial charge in [-0.1, -0.05) is 24.3 Å². The van der Waals surface area contributed by atoms with Gasteiger partial charge in [-0.2, -0.15) is 0 Å². The fraction of sp³-hybridized carbons (Fsp3) is 0.261. The van der Waals surface area contributed by atoms with Gasteiger partial charge in [0.1, 0.15) is 17.5 Å².